The minimum Gasteiger partial charge on any atom is -0.469 e. The first kappa shape index (κ1) is 15.5. The second-order valence-electron chi connectivity index (χ2n) is 6.25. The molecule has 1 aromatic rings. The fourth-order valence-electron chi connectivity index (χ4n) is 3.75. The minimum atomic E-state index is -3.51. The summed E-state index contributed by atoms with van der Waals surface area (Å²) in [6, 6.07) is 6.73. The summed E-state index contributed by atoms with van der Waals surface area (Å²) in [6.07, 6.45) is 0.722. The largest absolute Gasteiger partial charge is 0.469 e. The molecule has 1 saturated heterocycles. The van der Waals surface area contributed by atoms with E-state index in [1.807, 2.05) is 13.8 Å². The monoisotopic (exact) mass is 323 g/mol. The molecule has 1 saturated carbocycles. The van der Waals surface area contributed by atoms with Gasteiger partial charge in [-0.05, 0) is 44.2 Å². The molecule has 0 aromatic heterocycles. The van der Waals surface area contributed by atoms with E-state index in [4.69, 9.17) is 4.74 Å². The molecule has 1 aromatic carbocycles. The molecule has 120 valence electrons. The molecule has 6 heteroatoms. The number of hydrogen-bond acceptors (Lipinski definition) is 4. The fourth-order valence-corrected chi connectivity index (χ4v) is 5.43. The Kier molecular flexibility index (Phi) is 3.77. The molecule has 0 bridgehead atoms. The third-order valence-electron chi connectivity index (χ3n) is 5.02. The van der Waals surface area contributed by atoms with Crippen molar-refractivity contribution < 1.29 is 17.9 Å². The van der Waals surface area contributed by atoms with E-state index >= 15 is 0 Å². The van der Waals surface area contributed by atoms with Crippen LogP contribution in [0.3, 0.4) is 0 Å². The highest BCUT2D eigenvalue weighted by molar-refractivity contribution is 7.89. The molecule has 1 aliphatic heterocycles. The fraction of sp³-hybridized carbons (Fsp3) is 0.562. The molecular weight excluding hydrogens is 302 g/mol. The van der Waals surface area contributed by atoms with Crippen molar-refractivity contribution in [3.8, 4) is 0 Å². The van der Waals surface area contributed by atoms with Crippen LogP contribution in [0.5, 0.6) is 0 Å². The van der Waals surface area contributed by atoms with E-state index in [9.17, 15) is 13.2 Å². The van der Waals surface area contributed by atoms with Gasteiger partial charge in [-0.15, -0.1) is 0 Å². The van der Waals surface area contributed by atoms with E-state index in [0.717, 1.165) is 12.0 Å². The number of piperidine rings is 1. The van der Waals surface area contributed by atoms with Crippen molar-refractivity contribution in [2.24, 2.45) is 17.8 Å². The number of sulfonamides is 1. The molecule has 0 N–H and O–H groups in total. The molecule has 1 heterocycles. The molecule has 1 aliphatic carbocycles. The Morgan fingerprint density at radius 1 is 1.27 bits per heavy atom. The molecule has 22 heavy (non-hydrogen) atoms. The summed E-state index contributed by atoms with van der Waals surface area (Å²) in [7, 11) is -2.12. The highest BCUT2D eigenvalue weighted by Crippen LogP contribution is 2.55. The smallest absolute Gasteiger partial charge is 0.309 e. The van der Waals surface area contributed by atoms with Gasteiger partial charge in [0.1, 0.15) is 0 Å². The van der Waals surface area contributed by atoms with Crippen LogP contribution in [-0.2, 0) is 19.6 Å². The molecule has 5 nitrogen and oxygen atoms in total. The summed E-state index contributed by atoms with van der Waals surface area (Å²) >= 11 is 0. The van der Waals surface area contributed by atoms with Gasteiger partial charge in [0.15, 0.2) is 0 Å². The lowest BCUT2D eigenvalue weighted by Crippen LogP contribution is -2.43. The summed E-state index contributed by atoms with van der Waals surface area (Å²) < 4.78 is 32.0. The zero-order chi connectivity index (χ0) is 16.1. The number of aryl methyl sites for hydroxylation is 1. The number of carbonyl (C=O) groups excluding carboxylic acids is 1. The van der Waals surface area contributed by atoms with Crippen LogP contribution in [0.1, 0.15) is 18.9 Å². The lowest BCUT2D eigenvalue weighted by molar-refractivity contribution is -0.142. The van der Waals surface area contributed by atoms with Crippen molar-refractivity contribution in [1.29, 1.82) is 0 Å². The van der Waals surface area contributed by atoms with E-state index < -0.39 is 10.0 Å². The van der Waals surface area contributed by atoms with Gasteiger partial charge in [-0.2, -0.15) is 4.31 Å². The molecule has 0 radical (unpaired) electrons. The predicted molar refractivity (Wildman–Crippen MR) is 81.6 cm³/mol. The summed E-state index contributed by atoms with van der Waals surface area (Å²) in [5.74, 6) is 0.00277. The summed E-state index contributed by atoms with van der Waals surface area (Å²) in [4.78, 5) is 12.1. The zero-order valence-electron chi connectivity index (χ0n) is 13.0. The first-order chi connectivity index (χ1) is 10.4. The van der Waals surface area contributed by atoms with Crippen LogP contribution in [0.4, 0.5) is 0 Å². The second kappa shape index (κ2) is 5.35. The topological polar surface area (TPSA) is 63.7 Å². The van der Waals surface area contributed by atoms with Crippen LogP contribution in [0.25, 0.3) is 0 Å². The van der Waals surface area contributed by atoms with Crippen molar-refractivity contribution in [3.63, 3.8) is 0 Å². The Balaban J connectivity index is 1.84. The van der Waals surface area contributed by atoms with Crippen molar-refractivity contribution in [2.75, 3.05) is 13.7 Å². The molecule has 0 amide bonds. The van der Waals surface area contributed by atoms with Crippen LogP contribution in [0, 0.1) is 24.7 Å². The van der Waals surface area contributed by atoms with Crippen molar-refractivity contribution in [2.45, 2.75) is 31.2 Å². The Hall–Kier alpha value is -1.40. The van der Waals surface area contributed by atoms with Crippen LogP contribution in [0.15, 0.2) is 29.2 Å². The molecule has 2 aliphatic rings. The molecular formula is C16H21NO4S. The van der Waals surface area contributed by atoms with Gasteiger partial charge in [-0.25, -0.2) is 8.42 Å². The standard InChI is InChI=1S/C16H21NO4S/c1-10-4-6-12(7-5-10)22(19,20)17-9-8-13-14(11(17)2)15(13)16(18)21-3/h4-7,11,13-15H,8-9H2,1-3H3/t11-,13-,14+,15+/m0/s1. The maximum atomic E-state index is 12.8. The summed E-state index contributed by atoms with van der Waals surface area (Å²) in [5.41, 5.74) is 1.03. The van der Waals surface area contributed by atoms with Gasteiger partial charge in [0.2, 0.25) is 10.0 Å². The van der Waals surface area contributed by atoms with Crippen LogP contribution < -0.4 is 0 Å². The Bertz CT molecular complexity index is 683. The van der Waals surface area contributed by atoms with Crippen LogP contribution in [0.2, 0.25) is 0 Å². The normalized spacial score (nSPS) is 31.4. The quantitative estimate of drug-likeness (QED) is 0.796. The third kappa shape index (κ3) is 2.34. The van der Waals surface area contributed by atoms with Gasteiger partial charge in [0.25, 0.3) is 0 Å². The number of methoxy groups -OCH3 is 1. The van der Waals surface area contributed by atoms with E-state index in [0.29, 0.717) is 11.4 Å². The van der Waals surface area contributed by atoms with Gasteiger partial charge in [-0.1, -0.05) is 17.7 Å². The number of hydrogen-bond donors (Lipinski definition) is 0. The lowest BCUT2D eigenvalue weighted by atomic mass is 10.1. The van der Waals surface area contributed by atoms with E-state index in [1.54, 1.807) is 28.6 Å². The molecule has 3 rings (SSSR count). The van der Waals surface area contributed by atoms with Gasteiger partial charge >= 0.3 is 5.97 Å². The van der Waals surface area contributed by atoms with E-state index in [1.165, 1.54) is 7.11 Å². The maximum absolute atomic E-state index is 12.8. The first-order valence-corrected chi connectivity index (χ1v) is 8.98. The number of nitrogens with zero attached hydrogens (tertiary/aromatic N) is 1. The minimum absolute atomic E-state index is 0.0847. The van der Waals surface area contributed by atoms with E-state index in [-0.39, 0.29) is 29.8 Å². The molecule has 2 fully saturated rings. The Morgan fingerprint density at radius 2 is 1.91 bits per heavy atom. The SMILES string of the molecule is COC(=O)[C@@H]1[C@H]2CCN(S(=O)(=O)c3ccc(C)cc3)[C@@H](C)[C@H]21. The highest BCUT2D eigenvalue weighted by Gasteiger charge is 2.62. The van der Waals surface area contributed by atoms with Crippen LogP contribution in [-0.4, -0.2) is 38.4 Å². The predicted octanol–water partition coefficient (Wildman–Crippen LogP) is 1.81. The van der Waals surface area contributed by atoms with Gasteiger partial charge in [-0.3, -0.25) is 4.79 Å². The number of carbonyl (C=O) groups is 1. The Morgan fingerprint density at radius 3 is 2.50 bits per heavy atom. The van der Waals surface area contributed by atoms with Gasteiger partial charge in [0.05, 0.1) is 17.9 Å². The first-order valence-electron chi connectivity index (χ1n) is 7.54. The number of fused-ring (bicyclic) bond motifs is 1. The van der Waals surface area contributed by atoms with Crippen molar-refractivity contribution >= 4 is 16.0 Å². The second-order valence-corrected chi connectivity index (χ2v) is 8.14. The zero-order valence-corrected chi connectivity index (χ0v) is 13.8. The van der Waals surface area contributed by atoms with Gasteiger partial charge in [0, 0.05) is 12.6 Å². The van der Waals surface area contributed by atoms with Crippen LogP contribution >= 0.6 is 0 Å². The van der Waals surface area contributed by atoms with Gasteiger partial charge < -0.3 is 4.74 Å². The average molecular weight is 323 g/mol. The molecule has 4 atom stereocenters. The molecule has 0 spiro atoms. The summed E-state index contributed by atoms with van der Waals surface area (Å²) in [6.45, 7) is 4.28. The maximum Gasteiger partial charge on any atom is 0.309 e. The number of rotatable bonds is 3. The number of esters is 1. The van der Waals surface area contributed by atoms with Crippen molar-refractivity contribution in [3.05, 3.63) is 29.8 Å². The Labute approximate surface area is 131 Å². The lowest BCUT2D eigenvalue weighted by Gasteiger charge is -2.32. The number of ether oxygens (including phenoxy) is 1. The highest BCUT2D eigenvalue weighted by atomic mass is 32.2. The number of benzene rings is 1. The molecule has 0 unspecified atom stereocenters. The average Bonchev–Trinajstić information content (AvgIpc) is 3.22. The third-order valence-corrected chi connectivity index (χ3v) is 7.02. The summed E-state index contributed by atoms with van der Waals surface area (Å²) in [5, 5.41) is 0. The van der Waals surface area contributed by atoms with E-state index in [2.05, 4.69) is 0 Å². The van der Waals surface area contributed by atoms with Crippen molar-refractivity contribution in [1.82, 2.24) is 4.31 Å².